The Morgan fingerprint density at radius 1 is 1.04 bits per heavy atom. The van der Waals surface area contributed by atoms with Gasteiger partial charge in [0.15, 0.2) is 0 Å². The van der Waals surface area contributed by atoms with Crippen LogP contribution in [0.5, 0.6) is 0 Å². The molecular weight excluding hydrogens is 326 g/mol. The van der Waals surface area contributed by atoms with E-state index in [4.69, 9.17) is 4.42 Å². The normalized spacial score (nSPS) is 14.6. The molecule has 0 unspecified atom stereocenters. The fourth-order valence-corrected chi connectivity index (χ4v) is 4.58. The Morgan fingerprint density at radius 3 is 2.00 bits per heavy atom. The lowest BCUT2D eigenvalue weighted by atomic mass is 9.95. The molecule has 2 aromatic rings. The van der Waals surface area contributed by atoms with Crippen LogP contribution in [-0.4, -0.2) is 20.1 Å². The molecular formula is C18H25NO4S. The standard InChI is InChI=1S/C18H25NO4S/c1-11-12(2)14(4)17(15(5)13(11)3)24(21,22)19-10-18(6,20)16-8-7-9-23-16/h7-9,19-20H,10H2,1-6H3/t18-/m0/s1. The average molecular weight is 351 g/mol. The van der Waals surface area contributed by atoms with Gasteiger partial charge in [-0.2, -0.15) is 0 Å². The van der Waals surface area contributed by atoms with Crippen LogP contribution in [0.3, 0.4) is 0 Å². The topological polar surface area (TPSA) is 79.5 Å². The van der Waals surface area contributed by atoms with Gasteiger partial charge in [-0.25, -0.2) is 13.1 Å². The van der Waals surface area contributed by atoms with Crippen molar-refractivity contribution in [1.29, 1.82) is 0 Å². The summed E-state index contributed by atoms with van der Waals surface area (Å²) in [7, 11) is -3.76. The lowest BCUT2D eigenvalue weighted by molar-refractivity contribution is 0.0395. The number of aliphatic hydroxyl groups is 1. The fraction of sp³-hybridized carbons (Fsp3) is 0.444. The first kappa shape index (κ1) is 18.7. The molecule has 0 aliphatic carbocycles. The van der Waals surface area contributed by atoms with E-state index in [1.165, 1.54) is 13.2 Å². The first-order valence-electron chi connectivity index (χ1n) is 7.82. The maximum atomic E-state index is 12.9. The van der Waals surface area contributed by atoms with Crippen molar-refractivity contribution >= 4 is 10.0 Å². The number of benzene rings is 1. The number of sulfonamides is 1. The first-order valence-corrected chi connectivity index (χ1v) is 9.30. The Morgan fingerprint density at radius 2 is 1.54 bits per heavy atom. The average Bonchev–Trinajstić information content (AvgIpc) is 3.04. The van der Waals surface area contributed by atoms with Gasteiger partial charge >= 0.3 is 0 Å². The van der Waals surface area contributed by atoms with Gasteiger partial charge in [0.1, 0.15) is 11.4 Å². The molecule has 1 atom stereocenters. The Labute approximate surface area is 143 Å². The summed E-state index contributed by atoms with van der Waals surface area (Å²) in [5.74, 6) is 0.315. The molecule has 0 aliphatic heterocycles. The molecule has 0 saturated carbocycles. The molecule has 1 aromatic heterocycles. The lowest BCUT2D eigenvalue weighted by Crippen LogP contribution is -2.39. The highest BCUT2D eigenvalue weighted by molar-refractivity contribution is 7.89. The zero-order valence-electron chi connectivity index (χ0n) is 15.0. The van der Waals surface area contributed by atoms with E-state index in [1.807, 2.05) is 34.6 Å². The van der Waals surface area contributed by atoms with Crippen LogP contribution >= 0.6 is 0 Å². The number of furan rings is 1. The van der Waals surface area contributed by atoms with Crippen LogP contribution in [0.15, 0.2) is 27.7 Å². The Hall–Kier alpha value is -1.63. The summed E-state index contributed by atoms with van der Waals surface area (Å²) in [5.41, 5.74) is 3.09. The van der Waals surface area contributed by atoms with Gasteiger partial charge in [-0.15, -0.1) is 0 Å². The summed E-state index contributed by atoms with van der Waals surface area (Å²) in [5, 5.41) is 10.5. The molecule has 2 N–H and O–H groups in total. The van der Waals surface area contributed by atoms with Crippen molar-refractivity contribution in [3.05, 3.63) is 52.0 Å². The van der Waals surface area contributed by atoms with Crippen molar-refractivity contribution in [2.45, 2.75) is 52.0 Å². The minimum atomic E-state index is -3.76. The summed E-state index contributed by atoms with van der Waals surface area (Å²) < 4.78 is 33.4. The lowest BCUT2D eigenvalue weighted by Gasteiger charge is -2.23. The van der Waals surface area contributed by atoms with E-state index < -0.39 is 15.6 Å². The molecule has 1 heterocycles. The van der Waals surface area contributed by atoms with E-state index in [0.717, 1.165) is 27.8 Å². The predicted molar refractivity (Wildman–Crippen MR) is 93.6 cm³/mol. The number of hydrogen-bond acceptors (Lipinski definition) is 4. The molecule has 2 rings (SSSR count). The zero-order chi connectivity index (χ0) is 18.3. The molecule has 0 radical (unpaired) electrons. The highest BCUT2D eigenvalue weighted by atomic mass is 32.2. The van der Waals surface area contributed by atoms with E-state index in [0.29, 0.717) is 10.7 Å². The smallest absolute Gasteiger partial charge is 0.241 e. The Balaban J connectivity index is 2.39. The minimum Gasteiger partial charge on any atom is -0.466 e. The van der Waals surface area contributed by atoms with Crippen molar-refractivity contribution in [1.82, 2.24) is 4.72 Å². The van der Waals surface area contributed by atoms with Gasteiger partial charge in [0, 0.05) is 6.54 Å². The third-order valence-electron chi connectivity index (χ3n) is 4.86. The maximum Gasteiger partial charge on any atom is 0.241 e. The summed E-state index contributed by atoms with van der Waals surface area (Å²) in [4.78, 5) is 0.290. The van der Waals surface area contributed by atoms with Crippen molar-refractivity contribution in [2.75, 3.05) is 6.54 Å². The monoisotopic (exact) mass is 351 g/mol. The molecule has 1 aromatic carbocycles. The molecule has 6 heteroatoms. The van der Waals surface area contributed by atoms with Crippen molar-refractivity contribution in [2.24, 2.45) is 0 Å². The van der Waals surface area contributed by atoms with Gasteiger partial charge in [0.25, 0.3) is 0 Å². The van der Waals surface area contributed by atoms with E-state index in [9.17, 15) is 13.5 Å². The molecule has 0 amide bonds. The predicted octanol–water partition coefficient (Wildman–Crippen LogP) is 3.01. The largest absolute Gasteiger partial charge is 0.466 e. The molecule has 0 aliphatic rings. The quantitative estimate of drug-likeness (QED) is 0.868. The van der Waals surface area contributed by atoms with Crippen LogP contribution in [0, 0.1) is 34.6 Å². The van der Waals surface area contributed by atoms with Gasteiger partial charge in [-0.3, -0.25) is 0 Å². The highest BCUT2D eigenvalue weighted by Gasteiger charge is 2.30. The second-order valence-electron chi connectivity index (χ2n) is 6.53. The number of hydrogen-bond donors (Lipinski definition) is 2. The third-order valence-corrected chi connectivity index (χ3v) is 6.53. The summed E-state index contributed by atoms with van der Waals surface area (Å²) in [6.07, 6.45) is 1.44. The van der Waals surface area contributed by atoms with Crippen molar-refractivity contribution in [3.63, 3.8) is 0 Å². The van der Waals surface area contributed by atoms with Crippen molar-refractivity contribution in [3.8, 4) is 0 Å². The fourth-order valence-electron chi connectivity index (χ4n) is 2.85. The number of rotatable bonds is 5. The van der Waals surface area contributed by atoms with E-state index in [-0.39, 0.29) is 6.54 Å². The van der Waals surface area contributed by atoms with Crippen LogP contribution in [0.25, 0.3) is 0 Å². The third kappa shape index (κ3) is 3.27. The summed E-state index contributed by atoms with van der Waals surface area (Å²) in [6, 6.07) is 3.27. The minimum absolute atomic E-state index is 0.173. The highest BCUT2D eigenvalue weighted by Crippen LogP contribution is 2.30. The van der Waals surface area contributed by atoms with Crippen LogP contribution in [0.1, 0.15) is 40.5 Å². The number of nitrogens with one attached hydrogen (secondary N) is 1. The molecule has 0 spiro atoms. The first-order chi connectivity index (χ1) is 11.0. The molecule has 132 valence electrons. The van der Waals surface area contributed by atoms with Crippen LogP contribution in [-0.2, 0) is 15.6 Å². The van der Waals surface area contributed by atoms with Gasteiger partial charge in [0.2, 0.25) is 10.0 Å². The molecule has 0 saturated heterocycles. The van der Waals surface area contributed by atoms with E-state index in [2.05, 4.69) is 4.72 Å². The van der Waals surface area contributed by atoms with Gasteiger partial charge in [0.05, 0.1) is 11.2 Å². The molecule has 0 fully saturated rings. The van der Waals surface area contributed by atoms with Crippen LogP contribution in [0.2, 0.25) is 0 Å². The van der Waals surface area contributed by atoms with Crippen LogP contribution < -0.4 is 4.72 Å². The molecule has 5 nitrogen and oxygen atoms in total. The van der Waals surface area contributed by atoms with Gasteiger partial charge in [-0.05, 0) is 81.5 Å². The second kappa shape index (κ2) is 6.35. The second-order valence-corrected chi connectivity index (χ2v) is 8.23. The van der Waals surface area contributed by atoms with Crippen molar-refractivity contribution < 1.29 is 17.9 Å². The SMILES string of the molecule is Cc1c(C)c(C)c(S(=O)(=O)NC[C@](C)(O)c2ccco2)c(C)c1C. The zero-order valence-corrected chi connectivity index (χ0v) is 15.8. The van der Waals surface area contributed by atoms with Gasteiger partial charge in [-0.1, -0.05) is 0 Å². The molecule has 0 bridgehead atoms. The van der Waals surface area contributed by atoms with E-state index >= 15 is 0 Å². The Kier molecular flexibility index (Phi) is 4.95. The molecule has 24 heavy (non-hydrogen) atoms. The van der Waals surface area contributed by atoms with Gasteiger partial charge < -0.3 is 9.52 Å². The maximum absolute atomic E-state index is 12.9. The summed E-state index contributed by atoms with van der Waals surface area (Å²) >= 11 is 0. The Bertz CT molecular complexity index is 821. The van der Waals surface area contributed by atoms with E-state index in [1.54, 1.807) is 12.1 Å². The van der Waals surface area contributed by atoms with Crippen LogP contribution in [0.4, 0.5) is 0 Å². The summed E-state index contributed by atoms with van der Waals surface area (Å²) in [6.45, 7) is 10.8.